The first-order chi connectivity index (χ1) is 6.62. The molecule has 2 fully saturated rings. The minimum Gasteiger partial charge on any atom is -0.315 e. The van der Waals surface area contributed by atoms with E-state index in [1.54, 1.807) is 0 Å². The standard InChI is InChI=1S/C12H21NO/c1-9-4-3-5-10(6-9)11(14)12(2)7-13-8-12/h9-10,13H,3-8H2,1-2H3. The Hall–Kier alpha value is -0.370. The zero-order valence-electron chi connectivity index (χ0n) is 9.31. The summed E-state index contributed by atoms with van der Waals surface area (Å²) in [5.41, 5.74) is -0.0261. The van der Waals surface area contributed by atoms with E-state index in [-0.39, 0.29) is 5.41 Å². The molecule has 1 saturated carbocycles. The summed E-state index contributed by atoms with van der Waals surface area (Å²) in [5.74, 6) is 1.66. The van der Waals surface area contributed by atoms with E-state index in [0.29, 0.717) is 11.7 Å². The van der Waals surface area contributed by atoms with Gasteiger partial charge in [0.05, 0.1) is 5.41 Å². The van der Waals surface area contributed by atoms with Gasteiger partial charge < -0.3 is 5.32 Å². The van der Waals surface area contributed by atoms with Crippen molar-refractivity contribution in [1.29, 1.82) is 0 Å². The van der Waals surface area contributed by atoms with Gasteiger partial charge in [-0.3, -0.25) is 4.79 Å². The molecular formula is C12H21NO. The van der Waals surface area contributed by atoms with E-state index in [9.17, 15) is 4.79 Å². The lowest BCUT2D eigenvalue weighted by Gasteiger charge is -2.41. The van der Waals surface area contributed by atoms with Gasteiger partial charge in [0.1, 0.15) is 5.78 Å². The summed E-state index contributed by atoms with van der Waals surface area (Å²) < 4.78 is 0. The number of Topliss-reactive ketones (excluding diaryl/α,β-unsaturated/α-hetero) is 1. The van der Waals surface area contributed by atoms with Gasteiger partial charge >= 0.3 is 0 Å². The van der Waals surface area contributed by atoms with Crippen LogP contribution in [-0.4, -0.2) is 18.9 Å². The van der Waals surface area contributed by atoms with E-state index in [1.165, 1.54) is 12.8 Å². The van der Waals surface area contributed by atoms with E-state index < -0.39 is 0 Å². The third-order valence-electron chi connectivity index (χ3n) is 3.93. The molecule has 2 atom stereocenters. The first-order valence-corrected chi connectivity index (χ1v) is 5.87. The lowest BCUT2D eigenvalue weighted by molar-refractivity contribution is -0.136. The number of carbonyl (C=O) groups is 1. The smallest absolute Gasteiger partial charge is 0.144 e. The van der Waals surface area contributed by atoms with E-state index in [4.69, 9.17) is 0 Å². The Bertz CT molecular complexity index is 232. The molecular weight excluding hydrogens is 174 g/mol. The quantitative estimate of drug-likeness (QED) is 0.730. The minimum absolute atomic E-state index is 0.0261. The maximum atomic E-state index is 12.2. The molecule has 2 unspecified atom stereocenters. The van der Waals surface area contributed by atoms with Crippen LogP contribution < -0.4 is 5.32 Å². The van der Waals surface area contributed by atoms with Crippen molar-refractivity contribution in [3.63, 3.8) is 0 Å². The third-order valence-corrected chi connectivity index (χ3v) is 3.93. The summed E-state index contributed by atoms with van der Waals surface area (Å²) in [7, 11) is 0. The summed E-state index contributed by atoms with van der Waals surface area (Å²) in [6, 6.07) is 0. The second-order valence-corrected chi connectivity index (χ2v) is 5.50. The van der Waals surface area contributed by atoms with Crippen molar-refractivity contribution in [2.45, 2.75) is 39.5 Å². The first-order valence-electron chi connectivity index (χ1n) is 5.87. The van der Waals surface area contributed by atoms with Crippen LogP contribution in [0.1, 0.15) is 39.5 Å². The maximum Gasteiger partial charge on any atom is 0.144 e. The summed E-state index contributed by atoms with van der Waals surface area (Å²) in [6.07, 6.45) is 4.84. The third kappa shape index (κ3) is 1.72. The lowest BCUT2D eigenvalue weighted by atomic mass is 9.69. The number of hydrogen-bond acceptors (Lipinski definition) is 2. The normalized spacial score (nSPS) is 36.1. The molecule has 0 radical (unpaired) electrons. The second-order valence-electron chi connectivity index (χ2n) is 5.50. The van der Waals surface area contributed by atoms with Crippen molar-refractivity contribution < 1.29 is 4.79 Å². The van der Waals surface area contributed by atoms with Gasteiger partial charge in [0.25, 0.3) is 0 Å². The SMILES string of the molecule is CC1CCCC(C(=O)C2(C)CNC2)C1. The number of rotatable bonds is 2. The molecule has 2 nitrogen and oxygen atoms in total. The molecule has 0 spiro atoms. The summed E-state index contributed by atoms with van der Waals surface area (Å²) in [5, 5.41) is 3.21. The fourth-order valence-corrected chi connectivity index (χ4v) is 2.84. The van der Waals surface area contributed by atoms with Crippen LogP contribution in [0.2, 0.25) is 0 Å². The largest absolute Gasteiger partial charge is 0.315 e. The lowest BCUT2D eigenvalue weighted by Crippen LogP contribution is -2.58. The molecule has 0 amide bonds. The Kier molecular flexibility index (Phi) is 2.65. The number of hydrogen-bond donors (Lipinski definition) is 1. The molecule has 1 aliphatic heterocycles. The molecule has 2 heteroatoms. The van der Waals surface area contributed by atoms with Gasteiger partial charge in [-0.05, 0) is 18.8 Å². The van der Waals surface area contributed by atoms with E-state index in [1.807, 2.05) is 0 Å². The molecule has 0 aromatic carbocycles. The van der Waals surface area contributed by atoms with E-state index in [0.717, 1.165) is 31.8 Å². The van der Waals surface area contributed by atoms with Crippen molar-refractivity contribution in [3.05, 3.63) is 0 Å². The number of ketones is 1. The van der Waals surface area contributed by atoms with Crippen LogP contribution in [0.5, 0.6) is 0 Å². The molecule has 14 heavy (non-hydrogen) atoms. The van der Waals surface area contributed by atoms with Gasteiger partial charge in [-0.2, -0.15) is 0 Å². The van der Waals surface area contributed by atoms with Crippen molar-refractivity contribution in [1.82, 2.24) is 5.32 Å². The molecule has 0 aromatic rings. The van der Waals surface area contributed by atoms with Gasteiger partial charge in [-0.1, -0.05) is 26.7 Å². The molecule has 1 heterocycles. The van der Waals surface area contributed by atoms with Crippen molar-refractivity contribution in [2.75, 3.05) is 13.1 Å². The van der Waals surface area contributed by atoms with Crippen molar-refractivity contribution in [2.24, 2.45) is 17.3 Å². The van der Waals surface area contributed by atoms with Gasteiger partial charge in [0, 0.05) is 19.0 Å². The van der Waals surface area contributed by atoms with Crippen LogP contribution in [0.15, 0.2) is 0 Å². The minimum atomic E-state index is -0.0261. The monoisotopic (exact) mass is 195 g/mol. The highest BCUT2D eigenvalue weighted by Gasteiger charge is 2.43. The van der Waals surface area contributed by atoms with Crippen LogP contribution in [0.3, 0.4) is 0 Å². The van der Waals surface area contributed by atoms with Crippen LogP contribution in [0, 0.1) is 17.3 Å². The first kappa shape index (κ1) is 10.2. The van der Waals surface area contributed by atoms with Crippen molar-refractivity contribution >= 4 is 5.78 Å². The predicted octanol–water partition coefficient (Wildman–Crippen LogP) is 1.99. The molecule has 80 valence electrons. The Balaban J connectivity index is 1.96. The van der Waals surface area contributed by atoms with Crippen LogP contribution in [-0.2, 0) is 4.79 Å². The van der Waals surface area contributed by atoms with Crippen LogP contribution >= 0.6 is 0 Å². The maximum absolute atomic E-state index is 12.2. The summed E-state index contributed by atoms with van der Waals surface area (Å²) in [4.78, 5) is 12.2. The highest BCUT2D eigenvalue weighted by Crippen LogP contribution is 2.35. The Morgan fingerprint density at radius 1 is 1.36 bits per heavy atom. The molecule has 2 rings (SSSR count). The summed E-state index contributed by atoms with van der Waals surface area (Å²) >= 11 is 0. The highest BCUT2D eigenvalue weighted by molar-refractivity contribution is 5.88. The molecule has 0 bridgehead atoms. The highest BCUT2D eigenvalue weighted by atomic mass is 16.1. The average Bonchev–Trinajstić information content (AvgIpc) is 2.13. The number of carbonyl (C=O) groups excluding carboxylic acids is 1. The zero-order valence-corrected chi connectivity index (χ0v) is 9.31. The van der Waals surface area contributed by atoms with E-state index >= 15 is 0 Å². The number of nitrogens with one attached hydrogen (secondary N) is 1. The topological polar surface area (TPSA) is 29.1 Å². The van der Waals surface area contributed by atoms with Crippen molar-refractivity contribution in [3.8, 4) is 0 Å². The average molecular weight is 195 g/mol. The fourth-order valence-electron chi connectivity index (χ4n) is 2.84. The second kappa shape index (κ2) is 3.65. The fraction of sp³-hybridized carbons (Fsp3) is 0.917. The Morgan fingerprint density at radius 2 is 2.07 bits per heavy atom. The Morgan fingerprint density at radius 3 is 2.57 bits per heavy atom. The van der Waals surface area contributed by atoms with Gasteiger partial charge in [-0.15, -0.1) is 0 Å². The summed E-state index contributed by atoms with van der Waals surface area (Å²) in [6.45, 7) is 6.19. The van der Waals surface area contributed by atoms with Crippen LogP contribution in [0.25, 0.3) is 0 Å². The van der Waals surface area contributed by atoms with Gasteiger partial charge in [-0.25, -0.2) is 0 Å². The van der Waals surface area contributed by atoms with Gasteiger partial charge in [0.15, 0.2) is 0 Å². The van der Waals surface area contributed by atoms with Gasteiger partial charge in [0.2, 0.25) is 0 Å². The molecule has 1 saturated heterocycles. The Labute approximate surface area is 86.5 Å². The molecule has 2 aliphatic rings. The molecule has 0 aromatic heterocycles. The predicted molar refractivity (Wildman–Crippen MR) is 57.1 cm³/mol. The zero-order chi connectivity index (χ0) is 10.2. The molecule has 1 N–H and O–H groups in total. The van der Waals surface area contributed by atoms with E-state index in [2.05, 4.69) is 19.2 Å². The molecule has 1 aliphatic carbocycles. The van der Waals surface area contributed by atoms with Crippen LogP contribution in [0.4, 0.5) is 0 Å².